The number of esters is 1. The first-order valence-electron chi connectivity index (χ1n) is 4.48. The molecule has 1 unspecified atom stereocenters. The van der Waals surface area contributed by atoms with E-state index in [0.29, 0.717) is 18.1 Å². The summed E-state index contributed by atoms with van der Waals surface area (Å²) in [7, 11) is 2.99. The van der Waals surface area contributed by atoms with Crippen LogP contribution >= 0.6 is 23.8 Å². The Kier molecular flexibility index (Phi) is 8.65. The van der Waals surface area contributed by atoms with Gasteiger partial charge >= 0.3 is 5.97 Å². The average Bonchev–Trinajstić information content (AvgIpc) is 2.25. The van der Waals surface area contributed by atoms with Crippen LogP contribution in [0.5, 0.6) is 0 Å². The summed E-state index contributed by atoms with van der Waals surface area (Å²) < 4.78 is 14.3. The Hall–Kier alpha value is -0.390. The first-order chi connectivity index (χ1) is 7.11. The third-order valence-electron chi connectivity index (χ3n) is 1.61. The third kappa shape index (κ3) is 7.53. The zero-order chi connectivity index (χ0) is 11.7. The number of methoxy groups -OCH3 is 2. The molecule has 4 nitrogen and oxygen atoms in total. The van der Waals surface area contributed by atoms with E-state index in [4.69, 9.17) is 38.0 Å². The summed E-state index contributed by atoms with van der Waals surface area (Å²) in [4.78, 5) is 11.1. The SMILES string of the molecule is COCCOC(=O)CCC(Cl)C(=S)OC. The second-order valence-electron chi connectivity index (χ2n) is 2.74. The zero-order valence-corrected chi connectivity index (χ0v) is 10.4. The van der Waals surface area contributed by atoms with Gasteiger partial charge in [0.05, 0.1) is 13.7 Å². The van der Waals surface area contributed by atoms with Crippen molar-refractivity contribution in [1.82, 2.24) is 0 Å². The van der Waals surface area contributed by atoms with Gasteiger partial charge in [0.2, 0.25) is 0 Å². The predicted molar refractivity (Wildman–Crippen MR) is 61.3 cm³/mol. The lowest BCUT2D eigenvalue weighted by molar-refractivity contribution is -0.144. The first kappa shape index (κ1) is 14.6. The highest BCUT2D eigenvalue weighted by Crippen LogP contribution is 2.09. The fourth-order valence-electron chi connectivity index (χ4n) is 0.801. The first-order valence-corrected chi connectivity index (χ1v) is 5.32. The number of carbonyl (C=O) groups is 1. The van der Waals surface area contributed by atoms with Crippen LogP contribution in [0.1, 0.15) is 12.8 Å². The van der Waals surface area contributed by atoms with E-state index in [1.54, 1.807) is 7.11 Å². The van der Waals surface area contributed by atoms with Crippen molar-refractivity contribution < 1.29 is 19.0 Å². The van der Waals surface area contributed by atoms with Gasteiger partial charge in [-0.25, -0.2) is 0 Å². The van der Waals surface area contributed by atoms with Crippen LogP contribution in [-0.2, 0) is 19.0 Å². The second kappa shape index (κ2) is 8.88. The highest BCUT2D eigenvalue weighted by molar-refractivity contribution is 7.80. The lowest BCUT2D eigenvalue weighted by atomic mass is 10.2. The summed E-state index contributed by atoms with van der Waals surface area (Å²) in [6.45, 7) is 0.656. The van der Waals surface area contributed by atoms with Crippen LogP contribution in [0, 0.1) is 0 Å². The molecule has 0 aromatic heterocycles. The molecule has 0 aliphatic carbocycles. The van der Waals surface area contributed by atoms with Crippen molar-refractivity contribution in [1.29, 1.82) is 0 Å². The van der Waals surface area contributed by atoms with E-state index in [-0.39, 0.29) is 19.0 Å². The number of hydrogen-bond acceptors (Lipinski definition) is 5. The molecule has 0 spiro atoms. The standard InChI is InChI=1S/C9H15ClO4S/c1-12-5-6-14-8(11)4-3-7(10)9(15)13-2/h7H,3-6H2,1-2H3. The zero-order valence-electron chi connectivity index (χ0n) is 8.82. The van der Waals surface area contributed by atoms with Gasteiger partial charge in [0.15, 0.2) is 5.05 Å². The molecule has 0 radical (unpaired) electrons. The van der Waals surface area contributed by atoms with Crippen molar-refractivity contribution in [3.63, 3.8) is 0 Å². The van der Waals surface area contributed by atoms with Crippen LogP contribution in [0.3, 0.4) is 0 Å². The third-order valence-corrected chi connectivity index (χ3v) is 2.61. The number of ether oxygens (including phenoxy) is 3. The molecule has 0 rings (SSSR count). The van der Waals surface area contributed by atoms with Gasteiger partial charge in [-0.1, -0.05) is 0 Å². The van der Waals surface area contributed by atoms with Gasteiger partial charge in [0.25, 0.3) is 0 Å². The molecule has 0 aliphatic rings. The Balaban J connectivity index is 3.57. The van der Waals surface area contributed by atoms with Gasteiger partial charge in [0.1, 0.15) is 12.0 Å². The molecule has 0 aromatic carbocycles. The summed E-state index contributed by atoms with van der Waals surface area (Å²) in [6, 6.07) is 0. The van der Waals surface area contributed by atoms with Crippen LogP contribution in [-0.4, -0.2) is 43.8 Å². The van der Waals surface area contributed by atoms with Crippen molar-refractivity contribution in [3.8, 4) is 0 Å². The van der Waals surface area contributed by atoms with Crippen molar-refractivity contribution in [3.05, 3.63) is 0 Å². The van der Waals surface area contributed by atoms with Crippen molar-refractivity contribution in [2.24, 2.45) is 0 Å². The van der Waals surface area contributed by atoms with E-state index in [0.717, 1.165) is 0 Å². The molecular weight excluding hydrogens is 240 g/mol. The van der Waals surface area contributed by atoms with E-state index in [1.165, 1.54) is 7.11 Å². The van der Waals surface area contributed by atoms with Crippen molar-refractivity contribution in [2.75, 3.05) is 27.4 Å². The molecule has 0 aliphatic heterocycles. The van der Waals surface area contributed by atoms with Crippen LogP contribution in [0.2, 0.25) is 0 Å². The van der Waals surface area contributed by atoms with Crippen LogP contribution in [0.15, 0.2) is 0 Å². The number of rotatable bonds is 7. The number of hydrogen-bond donors (Lipinski definition) is 0. The lowest BCUT2D eigenvalue weighted by Crippen LogP contribution is -2.17. The molecule has 0 aromatic rings. The molecule has 0 bridgehead atoms. The summed E-state index contributed by atoms with van der Waals surface area (Å²) in [5.74, 6) is -0.309. The largest absolute Gasteiger partial charge is 0.489 e. The topological polar surface area (TPSA) is 44.8 Å². The molecule has 0 heterocycles. The Bertz CT molecular complexity index is 210. The molecule has 1 atom stereocenters. The fourth-order valence-corrected chi connectivity index (χ4v) is 1.12. The summed E-state index contributed by atoms with van der Waals surface area (Å²) in [5.41, 5.74) is 0. The van der Waals surface area contributed by atoms with Crippen LogP contribution in [0.4, 0.5) is 0 Å². The molecule has 0 fully saturated rings. The molecule has 15 heavy (non-hydrogen) atoms. The monoisotopic (exact) mass is 254 g/mol. The minimum atomic E-state index is -0.431. The Labute approximate surface area is 99.8 Å². The van der Waals surface area contributed by atoms with E-state index in [9.17, 15) is 4.79 Å². The van der Waals surface area contributed by atoms with Crippen molar-refractivity contribution >= 4 is 34.8 Å². The number of alkyl halides is 1. The normalized spacial score (nSPS) is 11.9. The molecule has 6 heteroatoms. The molecule has 0 saturated heterocycles. The minimum absolute atomic E-state index is 0.224. The van der Waals surface area contributed by atoms with E-state index in [1.807, 2.05) is 0 Å². The van der Waals surface area contributed by atoms with Gasteiger partial charge in [-0.15, -0.1) is 11.6 Å². The Morgan fingerprint density at radius 1 is 1.40 bits per heavy atom. The van der Waals surface area contributed by atoms with Gasteiger partial charge in [-0.05, 0) is 18.6 Å². The van der Waals surface area contributed by atoms with Gasteiger partial charge < -0.3 is 14.2 Å². The van der Waals surface area contributed by atoms with Gasteiger partial charge in [-0.3, -0.25) is 4.79 Å². The smallest absolute Gasteiger partial charge is 0.305 e. The molecular formula is C9H15ClO4S. The average molecular weight is 255 g/mol. The van der Waals surface area contributed by atoms with Gasteiger partial charge in [0, 0.05) is 13.5 Å². The van der Waals surface area contributed by atoms with Crippen LogP contribution < -0.4 is 0 Å². The highest BCUT2D eigenvalue weighted by atomic mass is 35.5. The second-order valence-corrected chi connectivity index (χ2v) is 3.67. The lowest BCUT2D eigenvalue weighted by Gasteiger charge is -2.09. The Morgan fingerprint density at radius 3 is 2.60 bits per heavy atom. The number of carbonyl (C=O) groups excluding carboxylic acids is 1. The summed E-state index contributed by atoms with van der Waals surface area (Å²) >= 11 is 10.6. The molecule has 88 valence electrons. The maximum absolute atomic E-state index is 11.1. The van der Waals surface area contributed by atoms with E-state index >= 15 is 0 Å². The molecule has 0 saturated carbocycles. The van der Waals surface area contributed by atoms with E-state index in [2.05, 4.69) is 0 Å². The van der Waals surface area contributed by atoms with E-state index < -0.39 is 5.38 Å². The van der Waals surface area contributed by atoms with Crippen molar-refractivity contribution in [2.45, 2.75) is 18.2 Å². The summed E-state index contributed by atoms with van der Waals surface area (Å²) in [5, 5.41) is -0.138. The van der Waals surface area contributed by atoms with Gasteiger partial charge in [-0.2, -0.15) is 0 Å². The van der Waals surface area contributed by atoms with Crippen LogP contribution in [0.25, 0.3) is 0 Å². The molecule has 0 N–H and O–H groups in total. The quantitative estimate of drug-likeness (QED) is 0.298. The number of halogens is 1. The Morgan fingerprint density at radius 2 is 2.07 bits per heavy atom. The highest BCUT2D eigenvalue weighted by Gasteiger charge is 2.14. The maximum atomic E-state index is 11.1. The minimum Gasteiger partial charge on any atom is -0.489 e. The summed E-state index contributed by atoms with van der Waals surface area (Å²) in [6.07, 6.45) is 0.640. The predicted octanol–water partition coefficient (Wildman–Crippen LogP) is 1.54. The molecule has 0 amide bonds. The fraction of sp³-hybridized carbons (Fsp3) is 0.778. The maximum Gasteiger partial charge on any atom is 0.305 e. The number of thiocarbonyl (C=S) groups is 1.